The summed E-state index contributed by atoms with van der Waals surface area (Å²) in [5.74, 6) is 1.72. The molecule has 42 heavy (non-hydrogen) atoms. The topological polar surface area (TPSA) is 18.5 Å². The van der Waals surface area contributed by atoms with E-state index < -0.39 is 16.6 Å². The van der Waals surface area contributed by atoms with Crippen LogP contribution in [-0.2, 0) is 0 Å². The Morgan fingerprint density at radius 1 is 0.333 bits per heavy atom. The van der Waals surface area contributed by atoms with E-state index in [0.29, 0.717) is 0 Å². The van der Waals surface area contributed by atoms with E-state index in [9.17, 15) is 0 Å². The second kappa shape index (κ2) is 11.8. The average Bonchev–Trinajstić information content (AvgIpc) is 3.00. The molecule has 5 aromatic carbocycles. The molecule has 0 saturated carbocycles. The largest absolute Gasteiger partial charge is 0.534 e. The average molecular weight is 587 g/mol. The van der Waals surface area contributed by atoms with E-state index in [1.165, 1.54) is 20.7 Å². The first-order valence-electron chi connectivity index (χ1n) is 14.8. The summed E-state index contributed by atoms with van der Waals surface area (Å²) in [5, 5.41) is 4.82. The molecule has 4 heteroatoms. The Labute approximate surface area is 254 Å². The third-order valence-corrected chi connectivity index (χ3v) is 18.1. The molecule has 0 bridgehead atoms. The summed E-state index contributed by atoms with van der Waals surface area (Å²) < 4.78 is 14.5. The van der Waals surface area contributed by atoms with Crippen molar-refractivity contribution in [3.05, 3.63) is 146 Å². The minimum Gasteiger partial charge on any atom is -0.534 e. The van der Waals surface area contributed by atoms with E-state index >= 15 is 0 Å². The lowest BCUT2D eigenvalue weighted by Gasteiger charge is -2.43. The van der Waals surface area contributed by atoms with Gasteiger partial charge in [0.25, 0.3) is 0 Å². The summed E-state index contributed by atoms with van der Waals surface area (Å²) in [6, 6.07) is 51.5. The van der Waals surface area contributed by atoms with Crippen molar-refractivity contribution in [2.45, 2.75) is 51.6 Å². The molecule has 0 heterocycles. The zero-order valence-corrected chi connectivity index (χ0v) is 27.7. The molecule has 0 saturated heterocycles. The van der Waals surface area contributed by atoms with Gasteiger partial charge in [0.05, 0.1) is 0 Å². The van der Waals surface area contributed by atoms with Gasteiger partial charge in [-0.1, -0.05) is 163 Å². The van der Waals surface area contributed by atoms with Gasteiger partial charge >= 0.3 is 16.6 Å². The first-order valence-corrected chi connectivity index (χ1v) is 18.6. The molecule has 214 valence electrons. The highest BCUT2D eigenvalue weighted by Gasteiger charge is 2.53. The minimum atomic E-state index is -2.72. The van der Waals surface area contributed by atoms with Gasteiger partial charge in [-0.15, -0.1) is 0 Å². The molecule has 0 atom stereocenters. The third kappa shape index (κ3) is 5.49. The fourth-order valence-corrected chi connectivity index (χ4v) is 15.1. The van der Waals surface area contributed by atoms with Crippen molar-refractivity contribution >= 4 is 37.4 Å². The van der Waals surface area contributed by atoms with Gasteiger partial charge in [-0.05, 0) is 55.1 Å². The third-order valence-electron chi connectivity index (χ3n) is 8.20. The molecule has 0 fully saturated rings. The van der Waals surface area contributed by atoms with Crippen molar-refractivity contribution in [1.29, 1.82) is 0 Å². The van der Waals surface area contributed by atoms with Crippen LogP contribution < -0.4 is 29.6 Å². The molecule has 0 aromatic heterocycles. The van der Waals surface area contributed by atoms with Gasteiger partial charge in [0.15, 0.2) is 0 Å². The molecular formula is C38H42O2Si2. The molecule has 0 aliphatic heterocycles. The van der Waals surface area contributed by atoms with Crippen LogP contribution >= 0.6 is 0 Å². The summed E-state index contributed by atoms with van der Waals surface area (Å²) in [7, 11) is -5.44. The molecule has 5 rings (SSSR count). The Morgan fingerprint density at radius 3 is 0.738 bits per heavy atom. The quantitative estimate of drug-likeness (QED) is 0.175. The zero-order valence-electron chi connectivity index (χ0n) is 25.7. The van der Waals surface area contributed by atoms with E-state index in [0.717, 1.165) is 11.5 Å². The molecule has 0 aliphatic rings. The normalized spacial score (nSPS) is 12.5. The van der Waals surface area contributed by atoms with Crippen LogP contribution in [0.2, 0.25) is 10.1 Å². The Kier molecular flexibility index (Phi) is 8.31. The second-order valence-electron chi connectivity index (χ2n) is 13.0. The van der Waals surface area contributed by atoms with Crippen LogP contribution in [-0.4, -0.2) is 16.6 Å². The molecule has 5 aromatic rings. The van der Waals surface area contributed by atoms with Crippen LogP contribution in [0.25, 0.3) is 0 Å². The lowest BCUT2D eigenvalue weighted by Crippen LogP contribution is -2.69. The summed E-state index contributed by atoms with van der Waals surface area (Å²) in [6.07, 6.45) is 0. The molecular weight excluding hydrogens is 545 g/mol. The van der Waals surface area contributed by atoms with E-state index in [-0.39, 0.29) is 10.1 Å². The van der Waals surface area contributed by atoms with Crippen LogP contribution in [0.4, 0.5) is 0 Å². The SMILES string of the molecule is CC(C)(C)[Si](Oc1ccc(O[Si](c2ccccc2)(c2ccccc2)C(C)(C)C)cc1)(c1ccccc1)c1ccccc1. The van der Waals surface area contributed by atoms with E-state index in [1.807, 2.05) is 0 Å². The van der Waals surface area contributed by atoms with Crippen molar-refractivity contribution in [3.63, 3.8) is 0 Å². The fourth-order valence-electron chi connectivity index (χ4n) is 6.23. The van der Waals surface area contributed by atoms with Crippen LogP contribution in [0, 0.1) is 0 Å². The Morgan fingerprint density at radius 2 is 0.548 bits per heavy atom. The minimum absolute atomic E-state index is 0.111. The first kappa shape index (κ1) is 29.6. The van der Waals surface area contributed by atoms with Gasteiger partial charge in [0.1, 0.15) is 11.5 Å². The summed E-state index contributed by atoms with van der Waals surface area (Å²) in [6.45, 7) is 13.8. The molecule has 0 N–H and O–H groups in total. The van der Waals surface area contributed by atoms with Crippen molar-refractivity contribution < 1.29 is 8.85 Å². The molecule has 2 nitrogen and oxygen atoms in total. The zero-order chi connectivity index (χ0) is 29.8. The van der Waals surface area contributed by atoms with Gasteiger partial charge < -0.3 is 8.85 Å². The second-order valence-corrected chi connectivity index (χ2v) is 21.4. The highest BCUT2D eigenvalue weighted by Crippen LogP contribution is 2.40. The Bertz CT molecular complexity index is 1350. The molecule has 0 unspecified atom stereocenters. The number of rotatable bonds is 8. The maximum absolute atomic E-state index is 7.26. The number of hydrogen-bond acceptors (Lipinski definition) is 2. The van der Waals surface area contributed by atoms with E-state index in [1.54, 1.807) is 0 Å². The van der Waals surface area contributed by atoms with E-state index in [2.05, 4.69) is 187 Å². The predicted octanol–water partition coefficient (Wildman–Crippen LogP) is 7.56. The van der Waals surface area contributed by atoms with Crippen molar-refractivity contribution in [2.75, 3.05) is 0 Å². The van der Waals surface area contributed by atoms with Crippen molar-refractivity contribution in [2.24, 2.45) is 0 Å². The molecule has 0 aliphatic carbocycles. The Balaban J connectivity index is 1.58. The summed E-state index contributed by atoms with van der Waals surface area (Å²) in [5.41, 5.74) is 0. The first-order chi connectivity index (χ1) is 20.1. The van der Waals surface area contributed by atoms with Crippen molar-refractivity contribution in [1.82, 2.24) is 0 Å². The lowest BCUT2D eigenvalue weighted by molar-refractivity contribution is 0.497. The van der Waals surface area contributed by atoms with Crippen LogP contribution in [0.1, 0.15) is 41.5 Å². The molecule has 0 radical (unpaired) electrons. The van der Waals surface area contributed by atoms with Crippen molar-refractivity contribution in [3.8, 4) is 11.5 Å². The van der Waals surface area contributed by atoms with Crippen LogP contribution in [0.5, 0.6) is 11.5 Å². The fraction of sp³-hybridized carbons (Fsp3) is 0.211. The highest BCUT2D eigenvalue weighted by molar-refractivity contribution is 7.00. The predicted molar refractivity (Wildman–Crippen MR) is 183 cm³/mol. The standard InChI is InChI=1S/C38H42O2Si2/c1-37(2,3)41(33-19-11-7-12-20-33,34-21-13-8-14-22-34)39-31-27-29-32(30-28-31)40-42(38(4,5)6,35-23-15-9-16-24-35)36-25-17-10-18-26-36/h7-30H,1-6H3. The number of benzene rings is 5. The van der Waals surface area contributed by atoms with Crippen LogP contribution in [0.3, 0.4) is 0 Å². The maximum atomic E-state index is 7.26. The smallest absolute Gasteiger partial charge is 0.319 e. The van der Waals surface area contributed by atoms with Gasteiger partial charge in [-0.25, -0.2) is 0 Å². The van der Waals surface area contributed by atoms with E-state index in [4.69, 9.17) is 8.85 Å². The molecule has 0 amide bonds. The van der Waals surface area contributed by atoms with Gasteiger partial charge in [0, 0.05) is 0 Å². The van der Waals surface area contributed by atoms with Crippen LogP contribution in [0.15, 0.2) is 146 Å². The monoisotopic (exact) mass is 586 g/mol. The number of hydrogen-bond donors (Lipinski definition) is 0. The maximum Gasteiger partial charge on any atom is 0.319 e. The summed E-state index contributed by atoms with van der Waals surface area (Å²) >= 11 is 0. The summed E-state index contributed by atoms with van der Waals surface area (Å²) in [4.78, 5) is 0. The van der Waals surface area contributed by atoms with Gasteiger partial charge in [0.2, 0.25) is 0 Å². The van der Waals surface area contributed by atoms with Gasteiger partial charge in [-0.2, -0.15) is 0 Å². The highest BCUT2D eigenvalue weighted by atomic mass is 28.4. The Hall–Kier alpha value is -3.87. The molecule has 0 spiro atoms. The van der Waals surface area contributed by atoms with Gasteiger partial charge in [-0.3, -0.25) is 0 Å². The lowest BCUT2D eigenvalue weighted by atomic mass is 10.2.